The zero-order chi connectivity index (χ0) is 18.4. The second kappa shape index (κ2) is 6.60. The van der Waals surface area contributed by atoms with Gasteiger partial charge in [0.1, 0.15) is 17.7 Å². The van der Waals surface area contributed by atoms with Gasteiger partial charge in [-0.05, 0) is 69.8 Å². The van der Waals surface area contributed by atoms with E-state index in [1.54, 1.807) is 5.57 Å². The molecule has 26 heavy (non-hydrogen) atoms. The molecule has 0 nitrogen and oxygen atoms in total. The Morgan fingerprint density at radius 1 is 0.808 bits per heavy atom. The van der Waals surface area contributed by atoms with Crippen molar-refractivity contribution in [3.63, 3.8) is 0 Å². The molecule has 2 atom stereocenters. The first-order chi connectivity index (χ1) is 12.5. The van der Waals surface area contributed by atoms with Crippen molar-refractivity contribution < 1.29 is 0 Å². The van der Waals surface area contributed by atoms with Crippen LogP contribution in [-0.2, 0) is 0 Å². The van der Waals surface area contributed by atoms with Crippen molar-refractivity contribution in [1.82, 2.24) is 0 Å². The van der Waals surface area contributed by atoms with Crippen molar-refractivity contribution >= 4 is 25.8 Å². The maximum absolute atomic E-state index is 2.64. The van der Waals surface area contributed by atoms with Gasteiger partial charge in [0.2, 0.25) is 0 Å². The third-order valence-electron chi connectivity index (χ3n) is 6.18. The molecule has 0 aromatic heterocycles. The van der Waals surface area contributed by atoms with Gasteiger partial charge in [0, 0.05) is 6.16 Å². The quantitative estimate of drug-likeness (QED) is 0.526. The summed E-state index contributed by atoms with van der Waals surface area (Å²) in [5.74, 6) is 7.87. The summed E-state index contributed by atoms with van der Waals surface area (Å²) in [6, 6.07) is 22.4. The maximum atomic E-state index is 2.64. The molecule has 0 saturated carbocycles. The number of hydrogen-bond acceptors (Lipinski definition) is 0. The van der Waals surface area contributed by atoms with Crippen LogP contribution in [0.2, 0.25) is 0 Å². The number of benzene rings is 2. The zero-order valence-corrected chi connectivity index (χ0v) is 17.9. The third-order valence-corrected chi connectivity index (χ3v) is 14.0. The van der Waals surface area contributed by atoms with Gasteiger partial charge in [-0.15, -0.1) is 0 Å². The predicted octanol–water partition coefficient (Wildman–Crippen LogP) is 6.63. The van der Waals surface area contributed by atoms with Gasteiger partial charge in [0.25, 0.3) is 0 Å². The number of rotatable bonds is 3. The van der Waals surface area contributed by atoms with E-state index in [1.807, 2.05) is 0 Å². The summed E-state index contributed by atoms with van der Waals surface area (Å²) >= 11 is 0. The smallest absolute Gasteiger partial charge is 0.0622 e. The van der Waals surface area contributed by atoms with Gasteiger partial charge in [-0.25, -0.2) is 0 Å². The molecule has 0 aliphatic carbocycles. The van der Waals surface area contributed by atoms with E-state index < -0.39 is 7.26 Å². The Morgan fingerprint density at radius 2 is 1.35 bits per heavy atom. The van der Waals surface area contributed by atoms with Crippen LogP contribution in [0.15, 0.2) is 94.8 Å². The fourth-order valence-electron chi connectivity index (χ4n) is 4.31. The highest BCUT2D eigenvalue weighted by Gasteiger charge is 2.60. The third kappa shape index (κ3) is 2.67. The molecule has 2 heteroatoms. The lowest BCUT2D eigenvalue weighted by atomic mass is 10.1. The van der Waals surface area contributed by atoms with E-state index >= 15 is 0 Å². The first kappa shape index (κ1) is 17.9. The van der Waals surface area contributed by atoms with Gasteiger partial charge in [0.05, 0.1) is 11.6 Å². The average molecular weight is 377 g/mol. The topological polar surface area (TPSA) is 0 Å². The first-order valence-corrected chi connectivity index (χ1v) is 12.8. The Morgan fingerprint density at radius 3 is 1.92 bits per heavy atom. The van der Waals surface area contributed by atoms with Gasteiger partial charge in [-0.2, -0.15) is 0 Å². The summed E-state index contributed by atoms with van der Waals surface area (Å²) in [7, 11) is -1.79. The van der Waals surface area contributed by atoms with E-state index in [1.165, 1.54) is 27.9 Å². The fraction of sp³-hybridized carbons (Fsp3) is 0.250. The highest BCUT2D eigenvalue weighted by molar-refractivity contribution is 7.91. The van der Waals surface area contributed by atoms with E-state index in [0.717, 1.165) is 0 Å². The van der Waals surface area contributed by atoms with Crippen LogP contribution in [0.5, 0.6) is 0 Å². The summed E-state index contributed by atoms with van der Waals surface area (Å²) in [6.45, 7) is 9.48. The van der Waals surface area contributed by atoms with Crippen molar-refractivity contribution in [3.8, 4) is 0 Å². The van der Waals surface area contributed by atoms with Crippen molar-refractivity contribution in [3.05, 3.63) is 94.8 Å². The number of hydrogen-bond donors (Lipinski definition) is 0. The molecule has 132 valence electrons. The SMILES string of the molecule is CC1=C[P+](c2ccccc2)([C@]2(C)C[P@](c3ccccc3)C=C2C)C=C1C. The minimum Gasteiger partial charge on any atom is -0.0622 e. The van der Waals surface area contributed by atoms with Gasteiger partial charge in [-0.3, -0.25) is 0 Å². The average Bonchev–Trinajstić information content (AvgIpc) is 3.15. The monoisotopic (exact) mass is 377 g/mol. The van der Waals surface area contributed by atoms with Gasteiger partial charge >= 0.3 is 0 Å². The summed E-state index contributed by atoms with van der Waals surface area (Å²) in [4.78, 5) is 0. The molecule has 4 rings (SSSR count). The Bertz CT molecular complexity index is 888. The Hall–Kier alpha value is -1.48. The normalized spacial score (nSPS) is 27.1. The minimum atomic E-state index is -1.56. The molecular formula is C24H27P2+. The molecule has 2 heterocycles. The Kier molecular flexibility index (Phi) is 4.54. The molecule has 0 fully saturated rings. The lowest BCUT2D eigenvalue weighted by Gasteiger charge is -2.36. The van der Waals surface area contributed by atoms with Crippen LogP contribution in [-0.4, -0.2) is 11.3 Å². The van der Waals surface area contributed by atoms with Crippen LogP contribution in [0.4, 0.5) is 0 Å². The Labute approximate surface area is 159 Å². The largest absolute Gasteiger partial charge is 0.115 e. The van der Waals surface area contributed by atoms with Crippen LogP contribution >= 0.6 is 15.2 Å². The predicted molar refractivity (Wildman–Crippen MR) is 121 cm³/mol. The van der Waals surface area contributed by atoms with Crippen molar-refractivity contribution in [2.45, 2.75) is 32.9 Å². The fourth-order valence-corrected chi connectivity index (χ4v) is 12.9. The molecule has 2 aliphatic heterocycles. The zero-order valence-electron chi connectivity index (χ0n) is 16.1. The summed E-state index contributed by atoms with van der Waals surface area (Å²) in [5.41, 5.74) is 4.51. The molecule has 2 aliphatic rings. The molecular weight excluding hydrogens is 350 g/mol. The van der Waals surface area contributed by atoms with E-state index in [0.29, 0.717) is 0 Å². The highest BCUT2D eigenvalue weighted by Crippen LogP contribution is 2.79. The second-order valence-electron chi connectivity index (χ2n) is 7.79. The lowest BCUT2D eigenvalue weighted by molar-refractivity contribution is 0.842. The van der Waals surface area contributed by atoms with E-state index in [9.17, 15) is 0 Å². The van der Waals surface area contributed by atoms with E-state index in [2.05, 4.69) is 106 Å². The molecule has 0 saturated heterocycles. The summed E-state index contributed by atoms with van der Waals surface area (Å²) in [6.07, 6.45) is 1.26. The molecule has 0 bridgehead atoms. The van der Waals surface area contributed by atoms with Crippen molar-refractivity contribution in [2.24, 2.45) is 0 Å². The molecule has 2 aromatic rings. The maximum Gasteiger partial charge on any atom is 0.115 e. The molecule has 0 radical (unpaired) electrons. The molecule has 0 spiro atoms. The van der Waals surface area contributed by atoms with Crippen LogP contribution in [0.3, 0.4) is 0 Å². The summed E-state index contributed by atoms with van der Waals surface area (Å²) < 4.78 is 0. The van der Waals surface area contributed by atoms with Gasteiger partial charge < -0.3 is 0 Å². The standard InChI is InChI=1S/C24H27P2/c1-19-16-26(17-20(19)2,23-13-9-6-10-14-23)24(4)18-25(15-21(24)3)22-11-7-5-8-12-22/h5-17H,18H2,1-4H3/q+1/t24-,25-/m1/s1. The van der Waals surface area contributed by atoms with Crippen LogP contribution in [0, 0.1) is 0 Å². The van der Waals surface area contributed by atoms with Crippen molar-refractivity contribution in [1.29, 1.82) is 0 Å². The lowest BCUT2D eigenvalue weighted by Crippen LogP contribution is -2.34. The van der Waals surface area contributed by atoms with Gasteiger partial charge in [-0.1, -0.05) is 54.3 Å². The minimum absolute atomic E-state index is 0.217. The molecule has 0 N–H and O–H groups in total. The van der Waals surface area contributed by atoms with E-state index in [4.69, 9.17) is 0 Å². The number of allylic oxidation sites excluding steroid dienone is 3. The van der Waals surface area contributed by atoms with E-state index in [-0.39, 0.29) is 13.1 Å². The Balaban J connectivity index is 1.84. The molecule has 0 unspecified atom stereocenters. The second-order valence-corrected chi connectivity index (χ2v) is 13.4. The highest BCUT2D eigenvalue weighted by atomic mass is 31.2. The molecule has 0 amide bonds. The first-order valence-electron chi connectivity index (χ1n) is 9.30. The molecule has 2 aromatic carbocycles. The van der Waals surface area contributed by atoms with Crippen LogP contribution in [0.25, 0.3) is 0 Å². The van der Waals surface area contributed by atoms with Gasteiger partial charge in [0.15, 0.2) is 0 Å². The van der Waals surface area contributed by atoms with Crippen molar-refractivity contribution in [2.75, 3.05) is 6.16 Å². The van der Waals surface area contributed by atoms with Crippen LogP contribution < -0.4 is 10.6 Å². The summed E-state index contributed by atoms with van der Waals surface area (Å²) in [5, 5.41) is 3.25. The van der Waals surface area contributed by atoms with Crippen LogP contribution in [0.1, 0.15) is 27.7 Å².